The molecular formula is C20H20O5S. The zero-order chi connectivity index (χ0) is 19.1. The van der Waals surface area contributed by atoms with Gasteiger partial charge in [0.1, 0.15) is 11.3 Å². The predicted molar refractivity (Wildman–Crippen MR) is 104 cm³/mol. The van der Waals surface area contributed by atoms with Gasteiger partial charge in [-0.15, -0.1) is 0 Å². The fourth-order valence-corrected chi connectivity index (χ4v) is 2.78. The second-order valence-electron chi connectivity index (χ2n) is 5.39. The molecule has 3 aromatic rings. The number of hydrogen-bond acceptors (Lipinski definition) is 6. The number of methoxy groups -OCH3 is 1. The van der Waals surface area contributed by atoms with Crippen molar-refractivity contribution in [2.24, 2.45) is 0 Å². The van der Waals surface area contributed by atoms with Crippen LogP contribution in [0, 0.1) is 0 Å². The average molecular weight is 372 g/mol. The molecule has 0 radical (unpaired) electrons. The number of carbonyl (C=O) groups excluding carboxylic acids is 1. The van der Waals surface area contributed by atoms with Crippen molar-refractivity contribution in [1.82, 2.24) is 0 Å². The lowest BCUT2D eigenvalue weighted by molar-refractivity contribution is -0.140. The van der Waals surface area contributed by atoms with Crippen molar-refractivity contribution < 1.29 is 19.1 Å². The highest BCUT2D eigenvalue weighted by Gasteiger charge is 2.27. The monoisotopic (exact) mass is 372 g/mol. The van der Waals surface area contributed by atoms with Gasteiger partial charge in [-0.1, -0.05) is 42.5 Å². The Bertz CT molecular complexity index is 934. The maximum Gasteiger partial charge on any atom is 0.343 e. The Morgan fingerprint density at radius 2 is 1.73 bits per heavy atom. The molecule has 0 aliphatic heterocycles. The highest BCUT2D eigenvalue weighted by Crippen LogP contribution is 2.36. The van der Waals surface area contributed by atoms with Crippen LogP contribution in [0.5, 0.6) is 5.75 Å². The molecule has 0 spiro atoms. The van der Waals surface area contributed by atoms with Crippen LogP contribution in [0.4, 0.5) is 0 Å². The minimum absolute atomic E-state index is 0.0605. The van der Waals surface area contributed by atoms with E-state index in [1.165, 1.54) is 7.11 Å². The van der Waals surface area contributed by atoms with Gasteiger partial charge in [-0.3, -0.25) is 4.79 Å². The van der Waals surface area contributed by atoms with Crippen LogP contribution in [0.2, 0.25) is 0 Å². The fourth-order valence-electron chi connectivity index (χ4n) is 2.78. The van der Waals surface area contributed by atoms with E-state index in [2.05, 4.69) is 12.6 Å². The molecule has 6 heteroatoms. The summed E-state index contributed by atoms with van der Waals surface area (Å²) in [4.78, 5) is 24.3. The summed E-state index contributed by atoms with van der Waals surface area (Å²) >= 11 is 3.53. The Morgan fingerprint density at radius 3 is 2.38 bits per heavy atom. The zero-order valence-electron chi connectivity index (χ0n) is 14.5. The standard InChI is InChI=1S/C19H16O5.CH4S/c1-23-16(20)11-14(12-7-3-2-4-8-12)17-18(21)13-9-5-6-10-15(13)24-19(17)22;1-2/h2-10,14,21H,11H2,1H3;2H,1H3. The Morgan fingerprint density at radius 1 is 1.12 bits per heavy atom. The molecule has 26 heavy (non-hydrogen) atoms. The molecule has 136 valence electrons. The Kier molecular flexibility index (Phi) is 6.86. The first kappa shape index (κ1) is 19.6. The highest BCUT2D eigenvalue weighted by atomic mass is 32.1. The number of carbonyl (C=O) groups is 1. The van der Waals surface area contributed by atoms with Gasteiger partial charge in [0.05, 0.1) is 24.5 Å². The zero-order valence-corrected chi connectivity index (χ0v) is 15.4. The van der Waals surface area contributed by atoms with E-state index in [1.54, 1.807) is 54.8 Å². The Hall–Kier alpha value is -2.73. The van der Waals surface area contributed by atoms with Crippen LogP contribution >= 0.6 is 12.6 Å². The number of thiol groups is 1. The summed E-state index contributed by atoms with van der Waals surface area (Å²) in [6.07, 6.45) is 1.62. The van der Waals surface area contributed by atoms with E-state index in [0.29, 0.717) is 11.0 Å². The van der Waals surface area contributed by atoms with E-state index >= 15 is 0 Å². The molecule has 0 saturated carbocycles. The van der Waals surface area contributed by atoms with Crippen LogP contribution in [0.25, 0.3) is 11.0 Å². The number of esters is 1. The molecule has 0 bridgehead atoms. The molecule has 1 atom stereocenters. The molecule has 0 fully saturated rings. The minimum Gasteiger partial charge on any atom is -0.507 e. The molecule has 1 aromatic heterocycles. The lowest BCUT2D eigenvalue weighted by Gasteiger charge is -2.17. The second kappa shape index (κ2) is 9.10. The molecule has 1 N–H and O–H groups in total. The van der Waals surface area contributed by atoms with Gasteiger partial charge in [-0.05, 0) is 24.0 Å². The van der Waals surface area contributed by atoms with E-state index in [9.17, 15) is 14.7 Å². The second-order valence-corrected chi connectivity index (χ2v) is 5.39. The molecular weight excluding hydrogens is 352 g/mol. The van der Waals surface area contributed by atoms with E-state index in [4.69, 9.17) is 9.15 Å². The van der Waals surface area contributed by atoms with Crippen molar-refractivity contribution in [3.8, 4) is 5.75 Å². The van der Waals surface area contributed by atoms with Crippen LogP contribution in [0.3, 0.4) is 0 Å². The number of fused-ring (bicyclic) bond motifs is 1. The average Bonchev–Trinajstić information content (AvgIpc) is 2.69. The first-order chi connectivity index (χ1) is 12.6. The van der Waals surface area contributed by atoms with Gasteiger partial charge in [0.2, 0.25) is 0 Å². The maximum atomic E-state index is 12.5. The molecule has 0 amide bonds. The molecule has 0 aliphatic rings. The molecule has 0 aliphatic carbocycles. The largest absolute Gasteiger partial charge is 0.507 e. The molecule has 1 unspecified atom stereocenters. The number of aromatic hydroxyl groups is 1. The van der Waals surface area contributed by atoms with Crippen LogP contribution in [-0.2, 0) is 9.53 Å². The topological polar surface area (TPSA) is 76.7 Å². The predicted octanol–water partition coefficient (Wildman–Crippen LogP) is 3.74. The maximum absolute atomic E-state index is 12.5. The summed E-state index contributed by atoms with van der Waals surface area (Å²) in [5.74, 6) is -1.30. The Balaban J connectivity index is 0.00000117. The third-order valence-corrected chi connectivity index (χ3v) is 3.97. The molecule has 1 heterocycles. The number of para-hydroxylation sites is 1. The first-order valence-electron chi connectivity index (χ1n) is 7.93. The van der Waals surface area contributed by atoms with Gasteiger partial charge in [0.25, 0.3) is 0 Å². The van der Waals surface area contributed by atoms with E-state index in [0.717, 1.165) is 5.56 Å². The number of ether oxygens (including phenoxy) is 1. The summed E-state index contributed by atoms with van der Waals surface area (Å²) in [5, 5.41) is 11.1. The summed E-state index contributed by atoms with van der Waals surface area (Å²) in [6.45, 7) is 0. The van der Waals surface area contributed by atoms with Crippen molar-refractivity contribution in [3.05, 3.63) is 76.1 Å². The molecule has 0 saturated heterocycles. The quantitative estimate of drug-likeness (QED) is 0.414. The number of hydrogen-bond donors (Lipinski definition) is 2. The fraction of sp³-hybridized carbons (Fsp3) is 0.200. The summed E-state index contributed by atoms with van der Waals surface area (Å²) < 4.78 is 10.1. The molecule has 2 aromatic carbocycles. The van der Waals surface area contributed by atoms with Crippen LogP contribution in [-0.4, -0.2) is 24.4 Å². The van der Waals surface area contributed by atoms with Gasteiger partial charge < -0.3 is 14.3 Å². The van der Waals surface area contributed by atoms with Gasteiger partial charge >= 0.3 is 11.6 Å². The van der Waals surface area contributed by atoms with Gasteiger partial charge in [-0.25, -0.2) is 4.79 Å². The number of rotatable bonds is 4. The summed E-state index contributed by atoms with van der Waals surface area (Å²) in [6, 6.07) is 15.8. The van der Waals surface area contributed by atoms with Gasteiger partial charge in [0, 0.05) is 5.92 Å². The summed E-state index contributed by atoms with van der Waals surface area (Å²) in [7, 11) is 1.28. The smallest absolute Gasteiger partial charge is 0.343 e. The molecule has 3 rings (SSSR count). The van der Waals surface area contributed by atoms with Crippen molar-refractivity contribution >= 4 is 29.6 Å². The lowest BCUT2D eigenvalue weighted by atomic mass is 9.88. The lowest BCUT2D eigenvalue weighted by Crippen LogP contribution is -2.18. The van der Waals surface area contributed by atoms with E-state index in [1.807, 2.05) is 6.07 Å². The third-order valence-electron chi connectivity index (χ3n) is 3.97. The van der Waals surface area contributed by atoms with Gasteiger partial charge in [-0.2, -0.15) is 12.6 Å². The normalized spacial score (nSPS) is 11.3. The van der Waals surface area contributed by atoms with Crippen molar-refractivity contribution in [2.45, 2.75) is 12.3 Å². The molecule has 5 nitrogen and oxygen atoms in total. The van der Waals surface area contributed by atoms with Crippen molar-refractivity contribution in [2.75, 3.05) is 13.4 Å². The van der Waals surface area contributed by atoms with Crippen LogP contribution < -0.4 is 5.63 Å². The number of benzene rings is 2. The van der Waals surface area contributed by atoms with Crippen LogP contribution in [0.15, 0.2) is 63.8 Å². The summed E-state index contributed by atoms with van der Waals surface area (Å²) in [5.41, 5.74) is 0.420. The van der Waals surface area contributed by atoms with Crippen molar-refractivity contribution in [3.63, 3.8) is 0 Å². The van der Waals surface area contributed by atoms with Crippen LogP contribution in [0.1, 0.15) is 23.5 Å². The van der Waals surface area contributed by atoms with Gasteiger partial charge in [0.15, 0.2) is 0 Å². The Labute approximate surface area is 156 Å². The van der Waals surface area contributed by atoms with E-state index in [-0.39, 0.29) is 17.7 Å². The first-order valence-corrected chi connectivity index (χ1v) is 8.82. The van der Waals surface area contributed by atoms with Crippen molar-refractivity contribution in [1.29, 1.82) is 0 Å². The SMILES string of the molecule is COC(=O)CC(c1ccccc1)c1c(O)c2ccccc2oc1=O.CS. The minimum atomic E-state index is -0.663. The van der Waals surface area contributed by atoms with E-state index < -0.39 is 17.5 Å². The third kappa shape index (κ3) is 4.08. The highest BCUT2D eigenvalue weighted by molar-refractivity contribution is 7.79.